The van der Waals surface area contributed by atoms with E-state index >= 15 is 0 Å². The summed E-state index contributed by atoms with van der Waals surface area (Å²) in [6, 6.07) is 7.44. The average molecular weight is 239 g/mol. The first-order valence-electron chi connectivity index (χ1n) is 5.08. The lowest BCUT2D eigenvalue weighted by Crippen LogP contribution is -2.26. The van der Waals surface area contributed by atoms with Crippen molar-refractivity contribution < 1.29 is 13.2 Å². The van der Waals surface area contributed by atoms with Crippen LogP contribution in [-0.4, -0.2) is 20.1 Å². The average Bonchev–Trinajstić information content (AvgIpc) is 2.59. The zero-order valence-electron chi connectivity index (χ0n) is 8.72. The van der Waals surface area contributed by atoms with Crippen LogP contribution in [0.4, 0.5) is 0 Å². The molecule has 1 atom stereocenters. The minimum atomic E-state index is -3.45. The van der Waals surface area contributed by atoms with E-state index in [1.807, 2.05) is 24.3 Å². The van der Waals surface area contributed by atoms with Crippen molar-refractivity contribution in [3.05, 3.63) is 35.4 Å². The standard InChI is InChI=1S/C11H13NO3S/c12-11(13)7-16(14,15)10-6-5-8-3-1-2-4-9(8)10/h1-4,10H,5-7H2,(H2,12,13). The highest BCUT2D eigenvalue weighted by atomic mass is 32.2. The van der Waals surface area contributed by atoms with Crippen molar-refractivity contribution in [1.29, 1.82) is 0 Å². The number of hydrogen-bond donors (Lipinski definition) is 1. The Kier molecular flexibility index (Phi) is 2.71. The van der Waals surface area contributed by atoms with Crippen molar-refractivity contribution in [2.45, 2.75) is 18.1 Å². The molecule has 1 aromatic rings. The van der Waals surface area contributed by atoms with Crippen LogP contribution in [0.15, 0.2) is 24.3 Å². The van der Waals surface area contributed by atoms with Gasteiger partial charge in [0.25, 0.3) is 0 Å². The zero-order valence-corrected chi connectivity index (χ0v) is 9.53. The molecule has 2 rings (SSSR count). The highest BCUT2D eigenvalue weighted by Crippen LogP contribution is 2.37. The predicted molar refractivity (Wildman–Crippen MR) is 60.5 cm³/mol. The van der Waals surface area contributed by atoms with Gasteiger partial charge < -0.3 is 5.73 Å². The molecule has 1 aliphatic rings. The second kappa shape index (κ2) is 3.90. The molecule has 0 spiro atoms. The molecule has 5 heteroatoms. The normalized spacial score (nSPS) is 19.4. The Labute approximate surface area is 94.4 Å². The largest absolute Gasteiger partial charge is 0.369 e. The van der Waals surface area contributed by atoms with Crippen LogP contribution in [0.1, 0.15) is 22.8 Å². The minimum absolute atomic E-state index is 0.551. The van der Waals surface area contributed by atoms with Gasteiger partial charge in [0.2, 0.25) is 5.91 Å². The highest BCUT2D eigenvalue weighted by molar-refractivity contribution is 7.92. The predicted octanol–water partition coefficient (Wildman–Crippen LogP) is 0.574. The number of carbonyl (C=O) groups is 1. The first-order valence-corrected chi connectivity index (χ1v) is 6.80. The molecule has 0 aromatic heterocycles. The fourth-order valence-electron chi connectivity index (χ4n) is 2.19. The molecule has 86 valence electrons. The van der Waals surface area contributed by atoms with Crippen molar-refractivity contribution in [1.82, 2.24) is 0 Å². The van der Waals surface area contributed by atoms with Crippen molar-refractivity contribution in [2.24, 2.45) is 5.73 Å². The van der Waals surface area contributed by atoms with E-state index < -0.39 is 26.7 Å². The van der Waals surface area contributed by atoms with Crippen LogP contribution >= 0.6 is 0 Å². The molecule has 0 radical (unpaired) electrons. The number of rotatable bonds is 3. The maximum absolute atomic E-state index is 11.9. The van der Waals surface area contributed by atoms with Gasteiger partial charge >= 0.3 is 0 Å². The van der Waals surface area contributed by atoms with Crippen molar-refractivity contribution in [2.75, 3.05) is 5.75 Å². The van der Waals surface area contributed by atoms with Gasteiger partial charge in [-0.05, 0) is 24.0 Å². The number of fused-ring (bicyclic) bond motifs is 1. The number of carbonyl (C=O) groups excluding carboxylic acids is 1. The van der Waals surface area contributed by atoms with Crippen LogP contribution in [-0.2, 0) is 21.1 Å². The highest BCUT2D eigenvalue weighted by Gasteiger charge is 2.33. The molecule has 0 bridgehead atoms. The van der Waals surface area contributed by atoms with E-state index in [1.54, 1.807) is 0 Å². The molecule has 1 amide bonds. The molecule has 0 heterocycles. The van der Waals surface area contributed by atoms with E-state index in [1.165, 1.54) is 0 Å². The lowest BCUT2D eigenvalue weighted by atomic mass is 10.1. The third-order valence-corrected chi connectivity index (χ3v) is 4.90. The van der Waals surface area contributed by atoms with E-state index in [0.717, 1.165) is 17.5 Å². The van der Waals surface area contributed by atoms with E-state index in [4.69, 9.17) is 5.73 Å². The van der Waals surface area contributed by atoms with E-state index in [9.17, 15) is 13.2 Å². The van der Waals surface area contributed by atoms with Crippen molar-refractivity contribution in [3.8, 4) is 0 Å². The summed E-state index contributed by atoms with van der Waals surface area (Å²) in [6.07, 6.45) is 1.30. The lowest BCUT2D eigenvalue weighted by Gasteiger charge is -2.11. The Morgan fingerprint density at radius 2 is 2.06 bits per heavy atom. The van der Waals surface area contributed by atoms with Gasteiger partial charge in [-0.2, -0.15) is 0 Å². The van der Waals surface area contributed by atoms with Crippen molar-refractivity contribution in [3.63, 3.8) is 0 Å². The number of sulfone groups is 1. The molecule has 2 N–H and O–H groups in total. The van der Waals surface area contributed by atoms with E-state index in [0.29, 0.717) is 6.42 Å². The van der Waals surface area contributed by atoms with Crippen LogP contribution < -0.4 is 5.73 Å². The monoisotopic (exact) mass is 239 g/mol. The maximum atomic E-state index is 11.9. The summed E-state index contributed by atoms with van der Waals surface area (Å²) in [5, 5.41) is -0.559. The van der Waals surface area contributed by atoms with Gasteiger partial charge in [0, 0.05) is 0 Å². The van der Waals surface area contributed by atoms with E-state index in [-0.39, 0.29) is 0 Å². The Morgan fingerprint density at radius 1 is 1.38 bits per heavy atom. The molecular formula is C11H13NO3S. The summed E-state index contributed by atoms with van der Waals surface area (Å²) in [7, 11) is -3.45. The molecule has 4 nitrogen and oxygen atoms in total. The first kappa shape index (κ1) is 11.1. The molecule has 16 heavy (non-hydrogen) atoms. The van der Waals surface area contributed by atoms with Gasteiger partial charge in [0.15, 0.2) is 9.84 Å². The minimum Gasteiger partial charge on any atom is -0.369 e. The van der Waals surface area contributed by atoms with Crippen molar-refractivity contribution >= 4 is 15.7 Å². The van der Waals surface area contributed by atoms with Gasteiger partial charge in [-0.25, -0.2) is 8.42 Å². The maximum Gasteiger partial charge on any atom is 0.232 e. The first-order chi connectivity index (χ1) is 7.50. The molecule has 0 saturated heterocycles. The second-order valence-electron chi connectivity index (χ2n) is 4.00. The van der Waals surface area contributed by atoms with Crippen LogP contribution in [0.2, 0.25) is 0 Å². The topological polar surface area (TPSA) is 77.2 Å². The molecule has 0 fully saturated rings. The lowest BCUT2D eigenvalue weighted by molar-refractivity contribution is -0.115. The van der Waals surface area contributed by atoms with Gasteiger partial charge in [0.05, 0.1) is 5.25 Å². The smallest absolute Gasteiger partial charge is 0.232 e. The third kappa shape index (κ3) is 1.95. The molecule has 1 unspecified atom stereocenters. The number of nitrogens with two attached hydrogens (primary N) is 1. The number of aryl methyl sites for hydroxylation is 1. The summed E-state index contributed by atoms with van der Waals surface area (Å²) < 4.78 is 23.8. The van der Waals surface area contributed by atoms with Gasteiger partial charge in [0.1, 0.15) is 5.75 Å². The number of hydrogen-bond acceptors (Lipinski definition) is 3. The summed E-state index contributed by atoms with van der Waals surface area (Å²) >= 11 is 0. The number of amides is 1. The van der Waals surface area contributed by atoms with Crippen LogP contribution in [0.3, 0.4) is 0 Å². The fourth-order valence-corrected chi connectivity index (χ4v) is 3.88. The summed E-state index contributed by atoms with van der Waals surface area (Å²) in [5.41, 5.74) is 6.83. The molecule has 0 aliphatic heterocycles. The molecule has 1 aliphatic carbocycles. The third-order valence-electron chi connectivity index (χ3n) is 2.85. The van der Waals surface area contributed by atoms with E-state index in [2.05, 4.69) is 0 Å². The Hall–Kier alpha value is -1.36. The number of primary amides is 1. The zero-order chi connectivity index (χ0) is 11.8. The molecule has 1 aromatic carbocycles. The molecule has 0 saturated carbocycles. The fraction of sp³-hybridized carbons (Fsp3) is 0.364. The van der Waals surface area contributed by atoms with Gasteiger partial charge in [-0.15, -0.1) is 0 Å². The van der Waals surface area contributed by atoms with Gasteiger partial charge in [-0.1, -0.05) is 24.3 Å². The summed E-state index contributed by atoms with van der Waals surface area (Å²) in [4.78, 5) is 10.7. The number of benzene rings is 1. The summed E-state index contributed by atoms with van der Waals surface area (Å²) in [6.45, 7) is 0. The van der Waals surface area contributed by atoms with Crippen LogP contribution in [0.25, 0.3) is 0 Å². The Morgan fingerprint density at radius 3 is 2.75 bits per heavy atom. The molecular weight excluding hydrogens is 226 g/mol. The second-order valence-corrected chi connectivity index (χ2v) is 6.18. The quantitative estimate of drug-likeness (QED) is 0.837. The van der Waals surface area contributed by atoms with Crippen LogP contribution in [0.5, 0.6) is 0 Å². The SMILES string of the molecule is NC(=O)CS(=O)(=O)C1CCc2ccccc21. The Balaban J connectivity index is 2.35. The van der Waals surface area contributed by atoms with Gasteiger partial charge in [-0.3, -0.25) is 4.79 Å². The summed E-state index contributed by atoms with van der Waals surface area (Å²) in [5.74, 6) is -1.35. The van der Waals surface area contributed by atoms with Crippen LogP contribution in [0, 0.1) is 0 Å². The Bertz CT molecular complexity index is 522.